The van der Waals surface area contributed by atoms with E-state index in [1.807, 2.05) is 14.0 Å². The molecule has 0 atom stereocenters. The van der Waals surface area contributed by atoms with Crippen molar-refractivity contribution in [3.63, 3.8) is 0 Å². The van der Waals surface area contributed by atoms with Gasteiger partial charge in [-0.1, -0.05) is 30.3 Å². The van der Waals surface area contributed by atoms with Crippen LogP contribution in [0.25, 0.3) is 10.8 Å². The molecule has 19 heavy (non-hydrogen) atoms. The first-order valence-corrected chi connectivity index (χ1v) is 6.79. The molecule has 0 bridgehead atoms. The number of hydrogen-bond donors (Lipinski definition) is 2. The lowest BCUT2D eigenvalue weighted by atomic mass is 10.00. The minimum Gasteiger partial charge on any atom is -0.310 e. The second-order valence-corrected chi connectivity index (χ2v) is 5.07. The molecular formula is C16H19N3. The lowest BCUT2D eigenvalue weighted by Gasteiger charge is -2.09. The van der Waals surface area contributed by atoms with E-state index in [2.05, 4.69) is 52.2 Å². The number of hydrogen-bond acceptors (Lipinski definition) is 2. The highest BCUT2D eigenvalue weighted by atomic mass is 15.4. The molecule has 0 amide bonds. The van der Waals surface area contributed by atoms with Crippen LogP contribution in [0.15, 0.2) is 41.4 Å². The lowest BCUT2D eigenvalue weighted by Crippen LogP contribution is -2.31. The molecule has 1 fully saturated rings. The molecule has 2 aromatic carbocycles. The SMILES string of the molecule is CNNC(C)=Nc1ccc(C2CC2)c2ccccc12. The van der Waals surface area contributed by atoms with Crippen molar-refractivity contribution < 1.29 is 0 Å². The van der Waals surface area contributed by atoms with Crippen LogP contribution in [0.4, 0.5) is 5.69 Å². The van der Waals surface area contributed by atoms with Gasteiger partial charge in [-0.25, -0.2) is 10.4 Å². The van der Waals surface area contributed by atoms with Crippen molar-refractivity contribution in [2.75, 3.05) is 7.05 Å². The zero-order valence-electron chi connectivity index (χ0n) is 11.4. The van der Waals surface area contributed by atoms with Gasteiger partial charge in [0.05, 0.1) is 5.69 Å². The van der Waals surface area contributed by atoms with Crippen LogP contribution < -0.4 is 10.9 Å². The summed E-state index contributed by atoms with van der Waals surface area (Å²) in [5.41, 5.74) is 8.41. The van der Waals surface area contributed by atoms with Gasteiger partial charge in [0.2, 0.25) is 0 Å². The van der Waals surface area contributed by atoms with Crippen molar-refractivity contribution in [3.8, 4) is 0 Å². The molecule has 2 aromatic rings. The fourth-order valence-electron chi connectivity index (χ4n) is 2.54. The van der Waals surface area contributed by atoms with E-state index in [0.29, 0.717) is 0 Å². The minimum atomic E-state index is 0.763. The average Bonchev–Trinajstić information content (AvgIpc) is 3.24. The number of benzene rings is 2. The van der Waals surface area contributed by atoms with Gasteiger partial charge in [0.25, 0.3) is 0 Å². The van der Waals surface area contributed by atoms with E-state index in [1.54, 1.807) is 0 Å². The van der Waals surface area contributed by atoms with Gasteiger partial charge in [-0.15, -0.1) is 0 Å². The molecule has 1 saturated carbocycles. The highest BCUT2D eigenvalue weighted by Gasteiger charge is 2.25. The Morgan fingerprint density at radius 3 is 2.53 bits per heavy atom. The van der Waals surface area contributed by atoms with E-state index in [4.69, 9.17) is 0 Å². The third kappa shape index (κ3) is 2.47. The van der Waals surface area contributed by atoms with Crippen LogP contribution in [0.1, 0.15) is 31.2 Å². The van der Waals surface area contributed by atoms with E-state index in [0.717, 1.165) is 17.4 Å². The molecule has 0 radical (unpaired) electrons. The van der Waals surface area contributed by atoms with E-state index in [9.17, 15) is 0 Å². The summed E-state index contributed by atoms with van der Waals surface area (Å²) in [5, 5.41) is 2.59. The molecule has 98 valence electrons. The highest BCUT2D eigenvalue weighted by Crippen LogP contribution is 2.44. The van der Waals surface area contributed by atoms with Crippen molar-refractivity contribution in [1.82, 2.24) is 10.9 Å². The summed E-state index contributed by atoms with van der Waals surface area (Å²) in [7, 11) is 1.84. The smallest absolute Gasteiger partial charge is 0.113 e. The molecule has 0 heterocycles. The third-order valence-corrected chi connectivity index (χ3v) is 3.55. The first-order chi connectivity index (χ1) is 9.29. The van der Waals surface area contributed by atoms with Crippen molar-refractivity contribution in [3.05, 3.63) is 42.0 Å². The van der Waals surface area contributed by atoms with Crippen LogP contribution in [-0.4, -0.2) is 12.9 Å². The van der Waals surface area contributed by atoms with Gasteiger partial charge in [0.1, 0.15) is 5.84 Å². The van der Waals surface area contributed by atoms with E-state index >= 15 is 0 Å². The number of nitrogens with one attached hydrogen (secondary N) is 2. The fraction of sp³-hybridized carbons (Fsp3) is 0.312. The summed E-state index contributed by atoms with van der Waals surface area (Å²) in [4.78, 5) is 4.64. The van der Waals surface area contributed by atoms with Crippen molar-refractivity contribution in [2.24, 2.45) is 4.99 Å². The third-order valence-electron chi connectivity index (χ3n) is 3.55. The number of fused-ring (bicyclic) bond motifs is 1. The molecule has 0 aromatic heterocycles. The Kier molecular flexibility index (Phi) is 3.22. The largest absolute Gasteiger partial charge is 0.310 e. The predicted molar refractivity (Wildman–Crippen MR) is 80.9 cm³/mol. The molecular weight excluding hydrogens is 234 g/mol. The minimum absolute atomic E-state index is 0.763. The van der Waals surface area contributed by atoms with Gasteiger partial charge in [-0.3, -0.25) is 0 Å². The first-order valence-electron chi connectivity index (χ1n) is 6.79. The average molecular weight is 253 g/mol. The van der Waals surface area contributed by atoms with Crippen molar-refractivity contribution in [1.29, 1.82) is 0 Å². The Balaban J connectivity index is 2.11. The monoisotopic (exact) mass is 253 g/mol. The Morgan fingerprint density at radius 1 is 1.11 bits per heavy atom. The quantitative estimate of drug-likeness (QED) is 0.499. The van der Waals surface area contributed by atoms with Crippen molar-refractivity contribution in [2.45, 2.75) is 25.7 Å². The molecule has 2 N–H and O–H groups in total. The van der Waals surface area contributed by atoms with Crippen LogP contribution in [0.3, 0.4) is 0 Å². The van der Waals surface area contributed by atoms with E-state index < -0.39 is 0 Å². The Morgan fingerprint density at radius 2 is 1.84 bits per heavy atom. The maximum absolute atomic E-state index is 4.64. The summed E-state index contributed by atoms with van der Waals surface area (Å²) in [6.45, 7) is 1.96. The number of rotatable bonds is 3. The van der Waals surface area contributed by atoms with Gasteiger partial charge in [-0.05, 0) is 42.7 Å². The molecule has 0 spiro atoms. The molecule has 0 unspecified atom stereocenters. The van der Waals surface area contributed by atoms with Crippen LogP contribution in [0.5, 0.6) is 0 Å². The lowest BCUT2D eigenvalue weighted by molar-refractivity contribution is 0.765. The summed E-state index contributed by atoms with van der Waals surface area (Å²) in [6, 6.07) is 12.9. The molecule has 0 saturated heterocycles. The molecule has 0 aliphatic heterocycles. The zero-order chi connectivity index (χ0) is 13.2. The maximum Gasteiger partial charge on any atom is 0.113 e. The summed E-state index contributed by atoms with van der Waals surface area (Å²) < 4.78 is 0. The van der Waals surface area contributed by atoms with Gasteiger partial charge < -0.3 is 5.43 Å². The molecule has 3 rings (SSSR count). The molecule has 1 aliphatic carbocycles. The standard InChI is InChI=1S/C16H19N3/c1-11(19-17-2)18-16-10-9-13(12-7-8-12)14-5-3-4-6-15(14)16/h3-6,9-10,12,17H,7-8H2,1-2H3,(H,18,19). The number of nitrogens with zero attached hydrogens (tertiary/aromatic N) is 1. The Labute approximate surface area is 113 Å². The maximum atomic E-state index is 4.64. The summed E-state index contributed by atoms with van der Waals surface area (Å²) in [6.07, 6.45) is 2.65. The summed E-state index contributed by atoms with van der Waals surface area (Å²) in [5.74, 6) is 1.63. The predicted octanol–water partition coefficient (Wildman–Crippen LogP) is 3.49. The number of amidine groups is 1. The summed E-state index contributed by atoms with van der Waals surface area (Å²) >= 11 is 0. The normalized spacial score (nSPS) is 15.8. The first kappa shape index (κ1) is 12.2. The van der Waals surface area contributed by atoms with Crippen LogP contribution >= 0.6 is 0 Å². The highest BCUT2D eigenvalue weighted by molar-refractivity contribution is 5.97. The van der Waals surface area contributed by atoms with Gasteiger partial charge in [-0.2, -0.15) is 0 Å². The van der Waals surface area contributed by atoms with Gasteiger partial charge in [0, 0.05) is 12.4 Å². The van der Waals surface area contributed by atoms with Crippen molar-refractivity contribution >= 4 is 22.3 Å². The Hall–Kier alpha value is -1.87. The Bertz CT molecular complexity index is 627. The number of aliphatic imine (C=N–C) groups is 1. The number of hydrazine groups is 1. The van der Waals surface area contributed by atoms with Crippen LogP contribution in [0, 0.1) is 0 Å². The molecule has 3 nitrogen and oxygen atoms in total. The molecule has 3 heteroatoms. The van der Waals surface area contributed by atoms with Crippen LogP contribution in [-0.2, 0) is 0 Å². The fourth-order valence-corrected chi connectivity index (χ4v) is 2.54. The van der Waals surface area contributed by atoms with E-state index in [-0.39, 0.29) is 0 Å². The topological polar surface area (TPSA) is 36.4 Å². The van der Waals surface area contributed by atoms with Gasteiger partial charge in [0.15, 0.2) is 0 Å². The second-order valence-electron chi connectivity index (χ2n) is 5.07. The van der Waals surface area contributed by atoms with E-state index in [1.165, 1.54) is 29.2 Å². The van der Waals surface area contributed by atoms with Crippen LogP contribution in [0.2, 0.25) is 0 Å². The van der Waals surface area contributed by atoms with Gasteiger partial charge >= 0.3 is 0 Å². The molecule has 1 aliphatic rings. The zero-order valence-corrected chi connectivity index (χ0v) is 11.4. The second kappa shape index (κ2) is 5.02.